The second kappa shape index (κ2) is 5.36. The van der Waals surface area contributed by atoms with Crippen LogP contribution in [0.1, 0.15) is 5.56 Å². The first-order chi connectivity index (χ1) is 9.36. The Morgan fingerprint density at radius 2 is 1.95 bits per heavy atom. The largest absolute Gasteiger partial charge is 0.438 e. The van der Waals surface area contributed by atoms with E-state index in [1.807, 2.05) is 42.5 Å². The van der Waals surface area contributed by atoms with Crippen molar-refractivity contribution < 1.29 is 4.74 Å². The summed E-state index contributed by atoms with van der Waals surface area (Å²) in [5, 5.41) is 1.77. The first kappa shape index (κ1) is 12.1. The summed E-state index contributed by atoms with van der Waals surface area (Å²) in [5.74, 6) is 1.35. The highest BCUT2D eigenvalue weighted by Gasteiger charge is 2.04. The van der Waals surface area contributed by atoms with Crippen LogP contribution in [0.2, 0.25) is 0 Å². The molecule has 0 atom stereocenters. The monoisotopic (exact) mass is 314 g/mol. The smallest absolute Gasteiger partial charge is 0.219 e. The van der Waals surface area contributed by atoms with Gasteiger partial charge in [-0.1, -0.05) is 28.1 Å². The van der Waals surface area contributed by atoms with Gasteiger partial charge in [0.15, 0.2) is 0 Å². The molecule has 2 heterocycles. The Balaban J connectivity index is 1.96. The zero-order valence-corrected chi connectivity index (χ0v) is 11.7. The minimum atomic E-state index is 0.584. The number of alkyl halides is 1. The van der Waals surface area contributed by atoms with Gasteiger partial charge in [0.25, 0.3) is 0 Å². The number of aromatic nitrogens is 2. The summed E-state index contributed by atoms with van der Waals surface area (Å²) in [7, 11) is 0. The van der Waals surface area contributed by atoms with Crippen LogP contribution in [0.15, 0.2) is 54.9 Å². The molecule has 0 aliphatic rings. The molecule has 0 amide bonds. The molecule has 0 unspecified atom stereocenters. The zero-order valence-electron chi connectivity index (χ0n) is 10.1. The van der Waals surface area contributed by atoms with E-state index in [0.29, 0.717) is 5.88 Å². The molecule has 0 saturated heterocycles. The maximum atomic E-state index is 5.82. The second-order valence-corrected chi connectivity index (χ2v) is 4.63. The standard InChI is InChI=1S/C15H11BrN2O/c16-9-11-6-7-15(18-10-11)19-14-5-1-4-13-12(14)3-2-8-17-13/h1-8,10H,9H2. The molecule has 3 aromatic rings. The minimum absolute atomic E-state index is 0.584. The lowest BCUT2D eigenvalue weighted by Gasteiger charge is -2.07. The summed E-state index contributed by atoms with van der Waals surface area (Å²) in [5.41, 5.74) is 2.03. The SMILES string of the molecule is BrCc1ccc(Oc2cccc3ncccc23)nc1. The average Bonchev–Trinajstić information content (AvgIpc) is 2.48. The first-order valence-electron chi connectivity index (χ1n) is 5.89. The molecule has 0 bridgehead atoms. The van der Waals surface area contributed by atoms with E-state index in [1.54, 1.807) is 12.4 Å². The molecule has 94 valence electrons. The van der Waals surface area contributed by atoms with E-state index in [9.17, 15) is 0 Å². The molecular weight excluding hydrogens is 304 g/mol. The summed E-state index contributed by atoms with van der Waals surface area (Å²) in [6.07, 6.45) is 3.57. The summed E-state index contributed by atoms with van der Waals surface area (Å²) in [4.78, 5) is 8.58. The summed E-state index contributed by atoms with van der Waals surface area (Å²) in [6.45, 7) is 0. The number of rotatable bonds is 3. The fourth-order valence-corrected chi connectivity index (χ4v) is 2.16. The van der Waals surface area contributed by atoms with E-state index in [-0.39, 0.29) is 0 Å². The van der Waals surface area contributed by atoms with Gasteiger partial charge in [-0.15, -0.1) is 0 Å². The fourth-order valence-electron chi connectivity index (χ4n) is 1.83. The van der Waals surface area contributed by atoms with Gasteiger partial charge in [0.2, 0.25) is 5.88 Å². The molecule has 19 heavy (non-hydrogen) atoms. The van der Waals surface area contributed by atoms with Crippen LogP contribution in [-0.4, -0.2) is 9.97 Å². The van der Waals surface area contributed by atoms with Crippen molar-refractivity contribution in [1.29, 1.82) is 0 Å². The summed E-state index contributed by atoms with van der Waals surface area (Å²) < 4.78 is 5.82. The third-order valence-corrected chi connectivity index (χ3v) is 3.42. The van der Waals surface area contributed by atoms with Gasteiger partial charge in [0.1, 0.15) is 5.75 Å². The predicted molar refractivity (Wildman–Crippen MR) is 78.7 cm³/mol. The topological polar surface area (TPSA) is 35.0 Å². The molecule has 1 aromatic carbocycles. The predicted octanol–water partition coefficient (Wildman–Crippen LogP) is 4.32. The van der Waals surface area contributed by atoms with Crippen molar-refractivity contribution in [2.75, 3.05) is 0 Å². The maximum absolute atomic E-state index is 5.82. The van der Waals surface area contributed by atoms with Crippen LogP contribution < -0.4 is 4.74 Å². The Labute approximate surface area is 119 Å². The third-order valence-electron chi connectivity index (χ3n) is 2.77. The average molecular weight is 315 g/mol. The molecule has 0 spiro atoms. The Bertz CT molecular complexity index is 693. The molecule has 0 aliphatic heterocycles. The number of benzene rings is 1. The van der Waals surface area contributed by atoms with E-state index in [1.165, 1.54) is 0 Å². The Kier molecular flexibility index (Phi) is 3.42. The second-order valence-electron chi connectivity index (χ2n) is 4.07. The van der Waals surface area contributed by atoms with Crippen molar-refractivity contribution in [2.24, 2.45) is 0 Å². The molecule has 3 nitrogen and oxygen atoms in total. The van der Waals surface area contributed by atoms with Crippen LogP contribution in [0.3, 0.4) is 0 Å². The Morgan fingerprint density at radius 1 is 1.00 bits per heavy atom. The van der Waals surface area contributed by atoms with Gasteiger partial charge >= 0.3 is 0 Å². The number of ether oxygens (including phenoxy) is 1. The van der Waals surface area contributed by atoms with Gasteiger partial charge in [-0.2, -0.15) is 0 Å². The van der Waals surface area contributed by atoms with E-state index in [4.69, 9.17) is 4.74 Å². The Morgan fingerprint density at radius 3 is 2.74 bits per heavy atom. The molecule has 0 aliphatic carbocycles. The molecule has 3 rings (SSSR count). The number of hydrogen-bond acceptors (Lipinski definition) is 3. The van der Waals surface area contributed by atoms with Gasteiger partial charge in [0.05, 0.1) is 5.52 Å². The first-order valence-corrected chi connectivity index (χ1v) is 7.01. The van der Waals surface area contributed by atoms with Gasteiger partial charge < -0.3 is 4.74 Å². The molecular formula is C15H11BrN2O. The summed E-state index contributed by atoms with van der Waals surface area (Å²) >= 11 is 3.39. The highest BCUT2D eigenvalue weighted by Crippen LogP contribution is 2.27. The van der Waals surface area contributed by atoms with E-state index in [0.717, 1.165) is 27.5 Å². The van der Waals surface area contributed by atoms with E-state index in [2.05, 4.69) is 25.9 Å². The van der Waals surface area contributed by atoms with Crippen LogP contribution in [0.4, 0.5) is 0 Å². The van der Waals surface area contributed by atoms with Crippen LogP contribution in [0, 0.1) is 0 Å². The number of nitrogens with zero attached hydrogens (tertiary/aromatic N) is 2. The quantitative estimate of drug-likeness (QED) is 0.675. The maximum Gasteiger partial charge on any atom is 0.219 e. The van der Waals surface area contributed by atoms with Gasteiger partial charge in [-0.3, -0.25) is 4.98 Å². The number of pyridine rings is 2. The highest BCUT2D eigenvalue weighted by molar-refractivity contribution is 9.08. The van der Waals surface area contributed by atoms with Crippen molar-refractivity contribution >= 4 is 26.8 Å². The van der Waals surface area contributed by atoms with E-state index < -0.39 is 0 Å². The lowest BCUT2D eigenvalue weighted by Crippen LogP contribution is -1.90. The van der Waals surface area contributed by atoms with Gasteiger partial charge in [-0.05, 0) is 29.8 Å². The lowest BCUT2D eigenvalue weighted by atomic mass is 10.2. The number of hydrogen-bond donors (Lipinski definition) is 0. The normalized spacial score (nSPS) is 10.6. The summed E-state index contributed by atoms with van der Waals surface area (Å²) in [6, 6.07) is 13.6. The van der Waals surface area contributed by atoms with Crippen molar-refractivity contribution in [1.82, 2.24) is 9.97 Å². The molecule has 0 saturated carbocycles. The molecule has 2 aromatic heterocycles. The van der Waals surface area contributed by atoms with Crippen molar-refractivity contribution in [2.45, 2.75) is 5.33 Å². The molecule has 0 N–H and O–H groups in total. The van der Waals surface area contributed by atoms with Crippen LogP contribution in [0.5, 0.6) is 11.6 Å². The lowest BCUT2D eigenvalue weighted by molar-refractivity contribution is 0.468. The third kappa shape index (κ3) is 2.58. The highest BCUT2D eigenvalue weighted by atomic mass is 79.9. The fraction of sp³-hybridized carbons (Fsp3) is 0.0667. The van der Waals surface area contributed by atoms with Crippen molar-refractivity contribution in [3.05, 3.63) is 60.4 Å². The van der Waals surface area contributed by atoms with Crippen LogP contribution in [-0.2, 0) is 5.33 Å². The van der Waals surface area contributed by atoms with E-state index >= 15 is 0 Å². The zero-order chi connectivity index (χ0) is 13.1. The number of halogens is 1. The molecule has 0 radical (unpaired) electrons. The van der Waals surface area contributed by atoms with Crippen molar-refractivity contribution in [3.63, 3.8) is 0 Å². The number of fused-ring (bicyclic) bond motifs is 1. The Hall–Kier alpha value is -1.94. The van der Waals surface area contributed by atoms with Crippen LogP contribution in [0.25, 0.3) is 10.9 Å². The molecule has 4 heteroatoms. The van der Waals surface area contributed by atoms with Gasteiger partial charge in [-0.25, -0.2) is 4.98 Å². The van der Waals surface area contributed by atoms with Gasteiger partial charge in [0, 0.05) is 29.2 Å². The van der Waals surface area contributed by atoms with Crippen molar-refractivity contribution in [3.8, 4) is 11.6 Å². The van der Waals surface area contributed by atoms with Crippen LogP contribution >= 0.6 is 15.9 Å². The minimum Gasteiger partial charge on any atom is -0.438 e. The molecule has 0 fully saturated rings.